The van der Waals surface area contributed by atoms with Crippen LogP contribution in [0.3, 0.4) is 0 Å². The summed E-state index contributed by atoms with van der Waals surface area (Å²) in [4.78, 5) is 4.92. The molecule has 2 heteroatoms. The van der Waals surface area contributed by atoms with Crippen molar-refractivity contribution < 1.29 is 4.42 Å². The lowest BCUT2D eigenvalue weighted by Crippen LogP contribution is -1.93. The molecule has 0 saturated carbocycles. The number of rotatable bonds is 2. The van der Waals surface area contributed by atoms with Crippen LogP contribution in [0.25, 0.3) is 33.4 Å². The molecule has 4 aromatic rings. The van der Waals surface area contributed by atoms with E-state index >= 15 is 0 Å². The zero-order valence-corrected chi connectivity index (χ0v) is 14.1. The van der Waals surface area contributed by atoms with Gasteiger partial charge in [-0.1, -0.05) is 60.7 Å². The van der Waals surface area contributed by atoms with Gasteiger partial charge < -0.3 is 4.42 Å². The second-order valence-corrected chi connectivity index (χ2v) is 6.14. The normalized spacial score (nSPS) is 11.1. The third-order valence-corrected chi connectivity index (χ3v) is 4.54. The molecule has 0 aliphatic carbocycles. The largest absolute Gasteiger partial charge is 0.459 e. The van der Waals surface area contributed by atoms with Crippen molar-refractivity contribution in [2.24, 2.45) is 0 Å². The monoisotopic (exact) mass is 313 g/mol. The Morgan fingerprint density at radius 3 is 1.83 bits per heavy atom. The second-order valence-electron chi connectivity index (χ2n) is 6.14. The Bertz CT molecular complexity index is 1010. The Balaban J connectivity index is 2.03. The summed E-state index contributed by atoms with van der Waals surface area (Å²) in [5.41, 5.74) is 8.60. The topological polar surface area (TPSA) is 26.0 Å². The lowest BCUT2D eigenvalue weighted by Gasteiger charge is -2.10. The maximum atomic E-state index is 6.14. The number of fused-ring (bicyclic) bond motifs is 1. The summed E-state index contributed by atoms with van der Waals surface area (Å²) >= 11 is 0. The quantitative estimate of drug-likeness (QED) is 0.448. The summed E-state index contributed by atoms with van der Waals surface area (Å²) in [6.45, 7) is 6.21. The third kappa shape index (κ3) is 2.23. The summed E-state index contributed by atoms with van der Waals surface area (Å²) < 4.78 is 6.14. The van der Waals surface area contributed by atoms with Crippen molar-refractivity contribution >= 4 is 11.1 Å². The summed E-state index contributed by atoms with van der Waals surface area (Å²) in [5, 5.41) is 0. The molecule has 2 nitrogen and oxygen atoms in total. The summed E-state index contributed by atoms with van der Waals surface area (Å²) in [7, 11) is 0. The van der Waals surface area contributed by atoms with Gasteiger partial charge in [-0.3, -0.25) is 0 Å². The van der Waals surface area contributed by atoms with Crippen LogP contribution in [0.4, 0.5) is 0 Å². The Labute approximate surface area is 141 Å². The van der Waals surface area contributed by atoms with E-state index in [2.05, 4.69) is 50.2 Å². The van der Waals surface area contributed by atoms with Crippen LogP contribution in [0, 0.1) is 20.8 Å². The Kier molecular flexibility index (Phi) is 3.46. The first kappa shape index (κ1) is 14.7. The zero-order valence-electron chi connectivity index (χ0n) is 14.1. The maximum Gasteiger partial charge on any atom is 0.156 e. The number of hydrogen-bond donors (Lipinski definition) is 0. The second kappa shape index (κ2) is 5.64. The van der Waals surface area contributed by atoms with E-state index in [1.54, 1.807) is 0 Å². The van der Waals surface area contributed by atoms with Gasteiger partial charge >= 0.3 is 0 Å². The van der Waals surface area contributed by atoms with Crippen molar-refractivity contribution in [3.63, 3.8) is 0 Å². The van der Waals surface area contributed by atoms with Crippen molar-refractivity contribution in [1.82, 2.24) is 4.98 Å². The van der Waals surface area contributed by atoms with Gasteiger partial charge in [0.05, 0.1) is 0 Å². The smallest absolute Gasteiger partial charge is 0.156 e. The van der Waals surface area contributed by atoms with Crippen LogP contribution >= 0.6 is 0 Å². The SMILES string of the molecule is Cc1nc2c(-c3ccccc3)c(C)oc2c(C)c1-c1ccccc1. The first-order valence-electron chi connectivity index (χ1n) is 8.18. The van der Waals surface area contributed by atoms with Gasteiger partial charge in [0.25, 0.3) is 0 Å². The number of aryl methyl sites for hydroxylation is 3. The van der Waals surface area contributed by atoms with E-state index < -0.39 is 0 Å². The molecule has 0 aliphatic rings. The number of nitrogens with zero attached hydrogens (tertiary/aromatic N) is 1. The molecule has 0 atom stereocenters. The van der Waals surface area contributed by atoms with Crippen LogP contribution in [0.15, 0.2) is 65.1 Å². The molecule has 24 heavy (non-hydrogen) atoms. The van der Waals surface area contributed by atoms with E-state index in [1.165, 1.54) is 5.56 Å². The molecule has 2 heterocycles. The van der Waals surface area contributed by atoms with E-state index in [4.69, 9.17) is 9.40 Å². The van der Waals surface area contributed by atoms with Gasteiger partial charge in [0, 0.05) is 22.4 Å². The van der Waals surface area contributed by atoms with Crippen molar-refractivity contribution in [3.05, 3.63) is 77.7 Å². The molecule has 118 valence electrons. The molecule has 2 aromatic carbocycles. The predicted octanol–water partition coefficient (Wildman–Crippen LogP) is 6.09. The fourth-order valence-corrected chi connectivity index (χ4v) is 3.48. The van der Waals surface area contributed by atoms with Gasteiger partial charge in [0.15, 0.2) is 5.58 Å². The summed E-state index contributed by atoms with van der Waals surface area (Å²) in [6, 6.07) is 20.7. The highest BCUT2D eigenvalue weighted by molar-refractivity contribution is 5.97. The van der Waals surface area contributed by atoms with E-state index in [0.29, 0.717) is 0 Å². The van der Waals surface area contributed by atoms with Crippen LogP contribution in [0.2, 0.25) is 0 Å². The molecule has 0 unspecified atom stereocenters. The summed E-state index contributed by atoms with van der Waals surface area (Å²) in [6.07, 6.45) is 0. The molecule has 0 saturated heterocycles. The van der Waals surface area contributed by atoms with Crippen molar-refractivity contribution in [1.29, 1.82) is 0 Å². The Morgan fingerprint density at radius 1 is 0.708 bits per heavy atom. The number of aromatic nitrogens is 1. The maximum absolute atomic E-state index is 6.14. The van der Waals surface area contributed by atoms with Crippen molar-refractivity contribution in [3.8, 4) is 22.3 Å². The molecule has 0 fully saturated rings. The lowest BCUT2D eigenvalue weighted by molar-refractivity contribution is 0.577. The van der Waals surface area contributed by atoms with E-state index in [9.17, 15) is 0 Å². The van der Waals surface area contributed by atoms with Gasteiger partial charge in [-0.25, -0.2) is 4.98 Å². The lowest BCUT2D eigenvalue weighted by atomic mass is 9.97. The predicted molar refractivity (Wildman–Crippen MR) is 99.1 cm³/mol. The van der Waals surface area contributed by atoms with Gasteiger partial charge in [-0.2, -0.15) is 0 Å². The standard InChI is InChI=1S/C22H19NO/c1-14-19(17-10-6-4-7-11-17)15(2)23-21-20(16(3)24-22(14)21)18-12-8-5-9-13-18/h4-13H,1-3H3. The van der Waals surface area contributed by atoms with E-state index in [-0.39, 0.29) is 0 Å². The molecule has 0 bridgehead atoms. The Hall–Kier alpha value is -2.87. The molecule has 0 N–H and O–H groups in total. The number of benzene rings is 2. The molecule has 0 amide bonds. The highest BCUT2D eigenvalue weighted by Crippen LogP contribution is 2.38. The van der Waals surface area contributed by atoms with Crippen LogP contribution in [0.1, 0.15) is 17.0 Å². The molecular formula is C22H19NO. The van der Waals surface area contributed by atoms with Gasteiger partial charge in [0.2, 0.25) is 0 Å². The van der Waals surface area contributed by atoms with Gasteiger partial charge in [0.1, 0.15) is 11.3 Å². The van der Waals surface area contributed by atoms with Crippen LogP contribution in [-0.4, -0.2) is 4.98 Å². The van der Waals surface area contributed by atoms with Gasteiger partial charge in [-0.15, -0.1) is 0 Å². The van der Waals surface area contributed by atoms with E-state index in [0.717, 1.165) is 44.8 Å². The number of furan rings is 1. The minimum atomic E-state index is 0.885. The van der Waals surface area contributed by atoms with E-state index in [1.807, 2.05) is 31.2 Å². The average Bonchev–Trinajstić information content (AvgIpc) is 2.93. The molecule has 0 aliphatic heterocycles. The molecular weight excluding hydrogens is 294 g/mol. The first-order chi connectivity index (χ1) is 11.7. The van der Waals surface area contributed by atoms with Crippen molar-refractivity contribution in [2.75, 3.05) is 0 Å². The number of pyridine rings is 1. The fraction of sp³-hybridized carbons (Fsp3) is 0.136. The highest BCUT2D eigenvalue weighted by atomic mass is 16.3. The minimum Gasteiger partial charge on any atom is -0.459 e. The Morgan fingerprint density at radius 2 is 1.25 bits per heavy atom. The molecule has 0 radical (unpaired) electrons. The average molecular weight is 313 g/mol. The minimum absolute atomic E-state index is 0.885. The van der Waals surface area contributed by atoms with Crippen molar-refractivity contribution in [2.45, 2.75) is 20.8 Å². The number of hydrogen-bond acceptors (Lipinski definition) is 2. The van der Waals surface area contributed by atoms with Crippen LogP contribution in [0.5, 0.6) is 0 Å². The first-order valence-corrected chi connectivity index (χ1v) is 8.18. The fourth-order valence-electron chi connectivity index (χ4n) is 3.48. The molecule has 2 aromatic heterocycles. The highest BCUT2D eigenvalue weighted by Gasteiger charge is 2.20. The molecule has 4 rings (SSSR count). The molecule has 0 spiro atoms. The van der Waals surface area contributed by atoms with Crippen LogP contribution in [-0.2, 0) is 0 Å². The zero-order chi connectivity index (χ0) is 16.7. The van der Waals surface area contributed by atoms with Crippen LogP contribution < -0.4 is 0 Å². The third-order valence-electron chi connectivity index (χ3n) is 4.54. The van der Waals surface area contributed by atoms with Gasteiger partial charge in [-0.05, 0) is 31.9 Å². The summed E-state index contributed by atoms with van der Waals surface area (Å²) in [5.74, 6) is 0.913.